The van der Waals surface area contributed by atoms with Gasteiger partial charge in [0, 0.05) is 58.1 Å². The standard InChI is InChI=1S/C21H29N5O4/c1-4-30-17-7-5-16(6-8-17)19(27)22-9-10-25-11-13-26(14-12-25)21(28)18-15-24(2)23-20(18)29-3/h5-8,15H,4,9-14H2,1-3H3,(H,22,27). The number of methoxy groups -OCH3 is 1. The Labute approximate surface area is 176 Å². The molecule has 2 amide bonds. The van der Waals surface area contributed by atoms with Crippen LogP contribution in [0.25, 0.3) is 0 Å². The highest BCUT2D eigenvalue weighted by molar-refractivity contribution is 5.96. The normalized spacial score (nSPS) is 14.4. The number of aryl methyl sites for hydroxylation is 1. The van der Waals surface area contributed by atoms with Crippen molar-refractivity contribution >= 4 is 11.8 Å². The molecule has 1 aliphatic heterocycles. The lowest BCUT2D eigenvalue weighted by Gasteiger charge is -2.34. The van der Waals surface area contributed by atoms with Crippen LogP contribution in [0.5, 0.6) is 11.6 Å². The first-order valence-corrected chi connectivity index (χ1v) is 10.1. The molecule has 1 aromatic heterocycles. The van der Waals surface area contributed by atoms with E-state index in [1.165, 1.54) is 7.11 Å². The summed E-state index contributed by atoms with van der Waals surface area (Å²) in [4.78, 5) is 29.1. The van der Waals surface area contributed by atoms with Crippen LogP contribution in [0.1, 0.15) is 27.6 Å². The molecule has 2 heterocycles. The summed E-state index contributed by atoms with van der Waals surface area (Å²) in [7, 11) is 3.28. The van der Waals surface area contributed by atoms with E-state index < -0.39 is 0 Å². The number of carbonyl (C=O) groups excluding carboxylic acids is 2. The molecule has 1 aliphatic rings. The molecule has 1 saturated heterocycles. The number of aromatic nitrogens is 2. The maximum atomic E-state index is 12.7. The molecule has 0 radical (unpaired) electrons. The Bertz CT molecular complexity index is 857. The van der Waals surface area contributed by atoms with Crippen LogP contribution >= 0.6 is 0 Å². The zero-order valence-corrected chi connectivity index (χ0v) is 17.8. The summed E-state index contributed by atoms with van der Waals surface area (Å²) in [6, 6.07) is 7.12. The number of amides is 2. The van der Waals surface area contributed by atoms with Crippen molar-refractivity contribution in [3.05, 3.63) is 41.6 Å². The van der Waals surface area contributed by atoms with Gasteiger partial charge in [-0.25, -0.2) is 0 Å². The van der Waals surface area contributed by atoms with Gasteiger partial charge < -0.3 is 19.7 Å². The van der Waals surface area contributed by atoms with Gasteiger partial charge in [0.1, 0.15) is 11.3 Å². The minimum atomic E-state index is -0.101. The van der Waals surface area contributed by atoms with Crippen molar-refractivity contribution < 1.29 is 19.1 Å². The van der Waals surface area contributed by atoms with E-state index in [-0.39, 0.29) is 11.8 Å². The second-order valence-electron chi connectivity index (χ2n) is 7.07. The minimum Gasteiger partial charge on any atom is -0.494 e. The molecule has 0 aliphatic carbocycles. The highest BCUT2D eigenvalue weighted by atomic mass is 16.5. The Morgan fingerprint density at radius 1 is 1.13 bits per heavy atom. The Hall–Kier alpha value is -3.07. The predicted molar refractivity (Wildman–Crippen MR) is 112 cm³/mol. The topological polar surface area (TPSA) is 88.9 Å². The van der Waals surface area contributed by atoms with E-state index in [0.717, 1.165) is 25.4 Å². The summed E-state index contributed by atoms with van der Waals surface area (Å²) in [5, 5.41) is 7.09. The summed E-state index contributed by atoms with van der Waals surface area (Å²) in [5.41, 5.74) is 1.09. The third-order valence-electron chi connectivity index (χ3n) is 5.02. The van der Waals surface area contributed by atoms with Gasteiger partial charge in [0.05, 0.1) is 13.7 Å². The molecule has 1 aromatic carbocycles. The molecule has 9 heteroatoms. The fourth-order valence-corrected chi connectivity index (χ4v) is 3.41. The fraction of sp³-hybridized carbons (Fsp3) is 0.476. The van der Waals surface area contributed by atoms with Crippen molar-refractivity contribution in [3.63, 3.8) is 0 Å². The van der Waals surface area contributed by atoms with Crippen LogP contribution in [-0.4, -0.2) is 84.4 Å². The number of nitrogens with zero attached hydrogens (tertiary/aromatic N) is 4. The molecule has 9 nitrogen and oxygen atoms in total. The number of rotatable bonds is 8. The van der Waals surface area contributed by atoms with Gasteiger partial charge in [-0.15, -0.1) is 5.10 Å². The van der Waals surface area contributed by atoms with Crippen LogP contribution in [-0.2, 0) is 7.05 Å². The number of benzene rings is 1. The summed E-state index contributed by atoms with van der Waals surface area (Å²) < 4.78 is 12.2. The van der Waals surface area contributed by atoms with Gasteiger partial charge in [-0.3, -0.25) is 19.2 Å². The summed E-state index contributed by atoms with van der Waals surface area (Å²) in [5.74, 6) is 0.936. The van der Waals surface area contributed by atoms with Gasteiger partial charge in [0.15, 0.2) is 0 Å². The molecule has 30 heavy (non-hydrogen) atoms. The molecule has 0 spiro atoms. The van der Waals surface area contributed by atoms with Crippen LogP contribution in [0, 0.1) is 0 Å². The molecule has 3 rings (SSSR count). The molecule has 0 bridgehead atoms. The van der Waals surface area contributed by atoms with E-state index in [2.05, 4.69) is 15.3 Å². The molecule has 0 atom stereocenters. The maximum absolute atomic E-state index is 12.7. The monoisotopic (exact) mass is 415 g/mol. The largest absolute Gasteiger partial charge is 0.494 e. The van der Waals surface area contributed by atoms with Gasteiger partial charge in [-0.1, -0.05) is 0 Å². The maximum Gasteiger partial charge on any atom is 0.261 e. The zero-order chi connectivity index (χ0) is 21.5. The van der Waals surface area contributed by atoms with Crippen LogP contribution in [0.3, 0.4) is 0 Å². The quantitative estimate of drug-likeness (QED) is 0.692. The molecule has 0 unspecified atom stereocenters. The lowest BCUT2D eigenvalue weighted by atomic mass is 10.2. The molecule has 0 saturated carbocycles. The van der Waals surface area contributed by atoms with Crippen molar-refractivity contribution in [2.24, 2.45) is 7.05 Å². The van der Waals surface area contributed by atoms with E-state index in [0.29, 0.717) is 43.2 Å². The highest BCUT2D eigenvalue weighted by Gasteiger charge is 2.26. The fourth-order valence-electron chi connectivity index (χ4n) is 3.41. The number of nitrogens with one attached hydrogen (secondary N) is 1. The highest BCUT2D eigenvalue weighted by Crippen LogP contribution is 2.18. The van der Waals surface area contributed by atoms with E-state index in [1.807, 2.05) is 11.8 Å². The van der Waals surface area contributed by atoms with Crippen LogP contribution < -0.4 is 14.8 Å². The smallest absolute Gasteiger partial charge is 0.261 e. The van der Waals surface area contributed by atoms with E-state index in [4.69, 9.17) is 9.47 Å². The lowest BCUT2D eigenvalue weighted by Crippen LogP contribution is -2.50. The second kappa shape index (κ2) is 10.1. The first-order valence-electron chi connectivity index (χ1n) is 10.1. The third-order valence-corrected chi connectivity index (χ3v) is 5.02. The Kier molecular flexibility index (Phi) is 7.29. The number of ether oxygens (including phenoxy) is 2. The zero-order valence-electron chi connectivity index (χ0n) is 17.8. The number of hydrogen-bond donors (Lipinski definition) is 1. The molecule has 162 valence electrons. The summed E-state index contributed by atoms with van der Waals surface area (Å²) in [6.45, 7) is 6.58. The first-order chi connectivity index (χ1) is 14.5. The average Bonchev–Trinajstić information content (AvgIpc) is 3.15. The predicted octanol–water partition coefficient (Wildman–Crippen LogP) is 1.02. The van der Waals surface area contributed by atoms with Gasteiger partial charge >= 0.3 is 0 Å². The van der Waals surface area contributed by atoms with Crippen molar-refractivity contribution in [1.82, 2.24) is 24.9 Å². The van der Waals surface area contributed by atoms with Crippen LogP contribution in [0.2, 0.25) is 0 Å². The lowest BCUT2D eigenvalue weighted by molar-refractivity contribution is 0.0635. The van der Waals surface area contributed by atoms with E-state index in [1.54, 1.807) is 42.2 Å². The number of hydrogen-bond acceptors (Lipinski definition) is 6. The van der Waals surface area contributed by atoms with E-state index >= 15 is 0 Å². The van der Waals surface area contributed by atoms with Crippen molar-refractivity contribution in [1.29, 1.82) is 0 Å². The van der Waals surface area contributed by atoms with Gasteiger partial charge in [0.2, 0.25) is 5.88 Å². The van der Waals surface area contributed by atoms with Gasteiger partial charge in [0.25, 0.3) is 11.8 Å². The minimum absolute atomic E-state index is 0.0663. The second-order valence-corrected chi connectivity index (χ2v) is 7.07. The SMILES string of the molecule is CCOc1ccc(C(=O)NCCN2CCN(C(=O)c3cn(C)nc3OC)CC2)cc1. The van der Waals surface area contributed by atoms with Crippen molar-refractivity contribution in [3.8, 4) is 11.6 Å². The Morgan fingerprint density at radius 2 is 1.83 bits per heavy atom. The van der Waals surface area contributed by atoms with Gasteiger partial charge in [-0.05, 0) is 31.2 Å². The molecular weight excluding hydrogens is 386 g/mol. The van der Waals surface area contributed by atoms with Crippen LogP contribution in [0.15, 0.2) is 30.5 Å². The molecular formula is C21H29N5O4. The average molecular weight is 415 g/mol. The summed E-state index contributed by atoms with van der Waals surface area (Å²) >= 11 is 0. The third kappa shape index (κ3) is 5.29. The van der Waals surface area contributed by atoms with E-state index in [9.17, 15) is 9.59 Å². The Morgan fingerprint density at radius 3 is 2.47 bits per heavy atom. The van der Waals surface area contributed by atoms with Crippen molar-refractivity contribution in [2.75, 3.05) is 53.0 Å². The summed E-state index contributed by atoms with van der Waals surface area (Å²) in [6.07, 6.45) is 1.68. The Balaban J connectivity index is 1.41. The van der Waals surface area contributed by atoms with Crippen LogP contribution in [0.4, 0.5) is 0 Å². The molecule has 1 fully saturated rings. The number of carbonyl (C=O) groups is 2. The van der Waals surface area contributed by atoms with Crippen molar-refractivity contribution in [2.45, 2.75) is 6.92 Å². The van der Waals surface area contributed by atoms with Gasteiger partial charge in [-0.2, -0.15) is 0 Å². The molecule has 1 N–H and O–H groups in total. The molecule has 2 aromatic rings. The number of piperazine rings is 1. The first kappa shape index (κ1) is 21.6.